The highest BCUT2D eigenvalue weighted by Gasteiger charge is 2.18. The molecule has 0 saturated carbocycles. The van der Waals surface area contributed by atoms with E-state index in [4.69, 9.17) is 0 Å². The van der Waals surface area contributed by atoms with Crippen LogP contribution in [0.15, 0.2) is 54.6 Å². The first-order chi connectivity index (χ1) is 12.7. The summed E-state index contributed by atoms with van der Waals surface area (Å²) in [5, 5.41) is 0. The summed E-state index contributed by atoms with van der Waals surface area (Å²) in [6.45, 7) is 3.54. The minimum absolute atomic E-state index is 0.843. The zero-order chi connectivity index (χ0) is 18.2. The largest absolute Gasteiger partial charge is 0.378 e. The lowest BCUT2D eigenvalue weighted by Gasteiger charge is -2.31. The number of piperidine rings is 1. The molecule has 26 heavy (non-hydrogen) atoms. The smallest absolute Gasteiger partial charge is 0.0361 e. The fourth-order valence-corrected chi connectivity index (χ4v) is 3.58. The Morgan fingerprint density at radius 1 is 0.962 bits per heavy atom. The van der Waals surface area contributed by atoms with Crippen molar-refractivity contribution in [2.24, 2.45) is 5.92 Å². The van der Waals surface area contributed by atoms with Crippen LogP contribution in [0.4, 0.5) is 5.69 Å². The van der Waals surface area contributed by atoms with E-state index in [2.05, 4.69) is 90.3 Å². The number of rotatable bonds is 5. The van der Waals surface area contributed by atoms with Crippen LogP contribution in [0.1, 0.15) is 30.4 Å². The molecule has 0 unspecified atom stereocenters. The Hall–Kier alpha value is -2.24. The SMILES string of the molecule is CN(C)c1ccc(C#CCCN2CCC(Cc3ccccc3)CC2)cc1. The lowest BCUT2D eigenvalue weighted by Crippen LogP contribution is -2.34. The van der Waals surface area contributed by atoms with Crippen LogP contribution < -0.4 is 4.90 Å². The number of benzene rings is 2. The van der Waals surface area contributed by atoms with Crippen LogP contribution >= 0.6 is 0 Å². The van der Waals surface area contributed by atoms with Crippen molar-refractivity contribution in [2.75, 3.05) is 38.6 Å². The van der Waals surface area contributed by atoms with Crippen LogP contribution in [0.25, 0.3) is 0 Å². The maximum Gasteiger partial charge on any atom is 0.0361 e. The molecule has 2 aromatic rings. The summed E-state index contributed by atoms with van der Waals surface area (Å²) in [4.78, 5) is 4.68. The summed E-state index contributed by atoms with van der Waals surface area (Å²) in [6.07, 6.45) is 4.82. The fourth-order valence-electron chi connectivity index (χ4n) is 3.58. The van der Waals surface area contributed by atoms with E-state index in [0.717, 1.165) is 24.4 Å². The number of likely N-dealkylation sites (tertiary alicyclic amines) is 1. The third-order valence-electron chi connectivity index (χ3n) is 5.24. The number of hydrogen-bond donors (Lipinski definition) is 0. The summed E-state index contributed by atoms with van der Waals surface area (Å²) in [5.41, 5.74) is 3.81. The Kier molecular flexibility index (Phi) is 6.75. The summed E-state index contributed by atoms with van der Waals surface area (Å²) >= 11 is 0. The van der Waals surface area contributed by atoms with Crippen LogP contribution in [0.5, 0.6) is 0 Å². The van der Waals surface area contributed by atoms with E-state index in [-0.39, 0.29) is 0 Å². The van der Waals surface area contributed by atoms with Crippen LogP contribution in [-0.2, 0) is 6.42 Å². The van der Waals surface area contributed by atoms with Crippen molar-refractivity contribution in [1.82, 2.24) is 4.90 Å². The Balaban J connectivity index is 1.38. The van der Waals surface area contributed by atoms with Crippen molar-refractivity contribution in [3.05, 3.63) is 65.7 Å². The van der Waals surface area contributed by atoms with Gasteiger partial charge in [0.2, 0.25) is 0 Å². The van der Waals surface area contributed by atoms with Gasteiger partial charge in [-0.15, -0.1) is 0 Å². The maximum absolute atomic E-state index is 3.34. The number of anilines is 1. The third kappa shape index (κ3) is 5.64. The van der Waals surface area contributed by atoms with Gasteiger partial charge in [-0.3, -0.25) is 0 Å². The van der Waals surface area contributed by atoms with Gasteiger partial charge in [-0.05, 0) is 68.1 Å². The molecule has 1 fully saturated rings. The molecule has 0 N–H and O–H groups in total. The number of hydrogen-bond acceptors (Lipinski definition) is 2. The molecule has 0 atom stereocenters. The molecule has 0 spiro atoms. The molecule has 0 amide bonds. The highest BCUT2D eigenvalue weighted by molar-refractivity contribution is 5.49. The normalized spacial score (nSPS) is 15.3. The van der Waals surface area contributed by atoms with Gasteiger partial charge in [0.15, 0.2) is 0 Å². The molecular weight excluding hydrogens is 316 g/mol. The van der Waals surface area contributed by atoms with E-state index < -0.39 is 0 Å². The summed E-state index contributed by atoms with van der Waals surface area (Å²) in [6, 6.07) is 19.4. The minimum Gasteiger partial charge on any atom is -0.378 e. The molecule has 2 nitrogen and oxygen atoms in total. The minimum atomic E-state index is 0.843. The second-order valence-electron chi connectivity index (χ2n) is 7.47. The molecule has 1 heterocycles. The molecule has 2 heteroatoms. The molecule has 0 radical (unpaired) electrons. The van der Waals surface area contributed by atoms with Gasteiger partial charge in [0, 0.05) is 38.3 Å². The highest BCUT2D eigenvalue weighted by atomic mass is 15.1. The predicted molar refractivity (Wildman–Crippen MR) is 112 cm³/mol. The van der Waals surface area contributed by atoms with Gasteiger partial charge in [-0.1, -0.05) is 42.2 Å². The molecule has 136 valence electrons. The van der Waals surface area contributed by atoms with E-state index in [9.17, 15) is 0 Å². The van der Waals surface area contributed by atoms with Gasteiger partial charge in [0.05, 0.1) is 0 Å². The predicted octanol–water partition coefficient (Wildman–Crippen LogP) is 4.45. The molecule has 1 aliphatic rings. The summed E-state index contributed by atoms with van der Waals surface area (Å²) in [7, 11) is 4.12. The maximum atomic E-state index is 3.34. The van der Waals surface area contributed by atoms with Crippen molar-refractivity contribution < 1.29 is 0 Å². The lowest BCUT2D eigenvalue weighted by molar-refractivity contribution is 0.187. The van der Waals surface area contributed by atoms with Crippen molar-refractivity contribution >= 4 is 5.69 Å². The zero-order valence-corrected chi connectivity index (χ0v) is 16.1. The first-order valence-corrected chi connectivity index (χ1v) is 9.73. The van der Waals surface area contributed by atoms with Crippen molar-refractivity contribution in [2.45, 2.75) is 25.7 Å². The van der Waals surface area contributed by atoms with Crippen molar-refractivity contribution in [3.63, 3.8) is 0 Å². The van der Waals surface area contributed by atoms with E-state index in [1.54, 1.807) is 0 Å². The number of nitrogens with zero attached hydrogens (tertiary/aromatic N) is 2. The Morgan fingerprint density at radius 2 is 1.65 bits per heavy atom. The van der Waals surface area contributed by atoms with E-state index in [1.807, 2.05) is 0 Å². The Morgan fingerprint density at radius 3 is 2.31 bits per heavy atom. The topological polar surface area (TPSA) is 6.48 Å². The molecule has 0 bridgehead atoms. The van der Waals surface area contributed by atoms with E-state index in [1.165, 1.54) is 43.6 Å². The van der Waals surface area contributed by atoms with Gasteiger partial charge >= 0.3 is 0 Å². The first kappa shape index (κ1) is 18.5. The van der Waals surface area contributed by atoms with E-state index in [0.29, 0.717) is 0 Å². The fraction of sp³-hybridized carbons (Fsp3) is 0.417. The van der Waals surface area contributed by atoms with Crippen molar-refractivity contribution in [1.29, 1.82) is 0 Å². The van der Waals surface area contributed by atoms with Gasteiger partial charge in [0.25, 0.3) is 0 Å². The zero-order valence-electron chi connectivity index (χ0n) is 16.1. The first-order valence-electron chi connectivity index (χ1n) is 9.73. The molecule has 1 aliphatic heterocycles. The average Bonchev–Trinajstić information content (AvgIpc) is 2.68. The second kappa shape index (κ2) is 9.46. The van der Waals surface area contributed by atoms with Crippen LogP contribution in [0, 0.1) is 17.8 Å². The average molecular weight is 347 g/mol. The van der Waals surface area contributed by atoms with E-state index >= 15 is 0 Å². The van der Waals surface area contributed by atoms with Crippen LogP contribution in [0.3, 0.4) is 0 Å². The quantitative estimate of drug-likeness (QED) is 0.738. The molecule has 1 saturated heterocycles. The summed E-state index contributed by atoms with van der Waals surface area (Å²) < 4.78 is 0. The Bertz CT molecular complexity index is 714. The lowest BCUT2D eigenvalue weighted by atomic mass is 9.90. The van der Waals surface area contributed by atoms with Gasteiger partial charge in [-0.25, -0.2) is 0 Å². The van der Waals surface area contributed by atoms with Gasteiger partial charge in [0.1, 0.15) is 0 Å². The molecule has 0 aliphatic carbocycles. The van der Waals surface area contributed by atoms with Gasteiger partial charge < -0.3 is 9.80 Å². The molecule has 2 aromatic carbocycles. The van der Waals surface area contributed by atoms with Crippen molar-refractivity contribution in [3.8, 4) is 11.8 Å². The highest BCUT2D eigenvalue weighted by Crippen LogP contribution is 2.21. The molecule has 0 aromatic heterocycles. The standard InChI is InChI=1S/C24H30N2/c1-25(2)24-13-11-21(12-14-24)8-6-7-17-26-18-15-23(16-19-26)20-22-9-4-3-5-10-22/h3-5,9-14,23H,7,15-20H2,1-2H3. The monoisotopic (exact) mass is 346 g/mol. The van der Waals surface area contributed by atoms with Crippen LogP contribution in [0.2, 0.25) is 0 Å². The molecular formula is C24H30N2. The second-order valence-corrected chi connectivity index (χ2v) is 7.47. The Labute approximate surface area is 158 Å². The van der Waals surface area contributed by atoms with Gasteiger partial charge in [-0.2, -0.15) is 0 Å². The summed E-state index contributed by atoms with van der Waals surface area (Å²) in [5.74, 6) is 7.48. The van der Waals surface area contributed by atoms with Crippen LogP contribution in [-0.4, -0.2) is 38.6 Å². The molecule has 3 rings (SSSR count). The third-order valence-corrected chi connectivity index (χ3v) is 5.24.